The summed E-state index contributed by atoms with van der Waals surface area (Å²) >= 11 is 0. The Morgan fingerprint density at radius 2 is 1.80 bits per heavy atom. The highest BCUT2D eigenvalue weighted by molar-refractivity contribution is 5.44. The molecule has 1 saturated heterocycles. The minimum Gasteiger partial charge on any atom is -0.493 e. The van der Waals surface area contributed by atoms with E-state index in [9.17, 15) is 0 Å². The molecule has 1 aromatic rings. The van der Waals surface area contributed by atoms with E-state index in [4.69, 9.17) is 4.74 Å². The maximum Gasteiger partial charge on any atom is 0.122 e. The smallest absolute Gasteiger partial charge is 0.122 e. The summed E-state index contributed by atoms with van der Waals surface area (Å²) in [6.45, 7) is 12.2. The van der Waals surface area contributed by atoms with E-state index in [0.717, 1.165) is 18.3 Å². The van der Waals surface area contributed by atoms with Crippen molar-refractivity contribution in [3.05, 3.63) is 28.8 Å². The zero-order valence-electron chi connectivity index (χ0n) is 13.7. The maximum atomic E-state index is 6.11. The highest BCUT2D eigenvalue weighted by atomic mass is 16.5. The molecule has 112 valence electrons. The highest BCUT2D eigenvalue weighted by Crippen LogP contribution is 2.29. The van der Waals surface area contributed by atoms with E-state index < -0.39 is 0 Å². The fourth-order valence-electron chi connectivity index (χ4n) is 3.03. The Morgan fingerprint density at radius 1 is 1.15 bits per heavy atom. The van der Waals surface area contributed by atoms with Gasteiger partial charge in [-0.15, -0.1) is 0 Å². The summed E-state index contributed by atoms with van der Waals surface area (Å²) in [7, 11) is 2.20. The van der Waals surface area contributed by atoms with E-state index in [0.29, 0.717) is 5.92 Å². The number of piperidine rings is 1. The molecule has 0 atom stereocenters. The number of likely N-dealkylation sites (tertiary alicyclic amines) is 1. The fraction of sp³-hybridized carbons (Fsp3) is 0.667. The van der Waals surface area contributed by atoms with Crippen LogP contribution in [0.3, 0.4) is 0 Å². The largest absolute Gasteiger partial charge is 0.493 e. The average Bonchev–Trinajstić information content (AvgIpc) is 2.42. The summed E-state index contributed by atoms with van der Waals surface area (Å²) in [4.78, 5) is 2.41. The van der Waals surface area contributed by atoms with Crippen molar-refractivity contribution in [2.75, 3.05) is 26.7 Å². The molecule has 0 saturated carbocycles. The van der Waals surface area contributed by atoms with Gasteiger partial charge in [0.25, 0.3) is 0 Å². The molecule has 2 nitrogen and oxygen atoms in total. The Labute approximate surface area is 124 Å². The predicted octanol–water partition coefficient (Wildman–Crippen LogP) is 4.15. The summed E-state index contributed by atoms with van der Waals surface area (Å²) < 4.78 is 6.11. The first kappa shape index (κ1) is 15.4. The number of ether oxygens (including phenoxy) is 1. The van der Waals surface area contributed by atoms with Crippen molar-refractivity contribution in [3.8, 4) is 5.75 Å². The van der Waals surface area contributed by atoms with Crippen molar-refractivity contribution >= 4 is 0 Å². The van der Waals surface area contributed by atoms with Crippen molar-refractivity contribution in [3.63, 3.8) is 0 Å². The first-order valence-electron chi connectivity index (χ1n) is 7.90. The summed E-state index contributed by atoms with van der Waals surface area (Å²) in [5.74, 6) is 2.37. The van der Waals surface area contributed by atoms with Gasteiger partial charge in [-0.2, -0.15) is 0 Å². The van der Waals surface area contributed by atoms with Crippen LogP contribution in [0.25, 0.3) is 0 Å². The lowest BCUT2D eigenvalue weighted by Gasteiger charge is -2.29. The molecule has 0 bridgehead atoms. The number of hydrogen-bond donors (Lipinski definition) is 0. The van der Waals surface area contributed by atoms with Gasteiger partial charge < -0.3 is 9.64 Å². The van der Waals surface area contributed by atoms with Crippen molar-refractivity contribution < 1.29 is 4.74 Å². The molecule has 1 aliphatic heterocycles. The molecule has 0 radical (unpaired) electrons. The van der Waals surface area contributed by atoms with Crippen LogP contribution in [0, 0.1) is 19.8 Å². The van der Waals surface area contributed by atoms with Gasteiger partial charge in [0.15, 0.2) is 0 Å². The second kappa shape index (κ2) is 6.62. The van der Waals surface area contributed by atoms with Crippen molar-refractivity contribution in [1.82, 2.24) is 4.90 Å². The minimum atomic E-state index is 0.580. The first-order valence-corrected chi connectivity index (χ1v) is 7.90. The van der Waals surface area contributed by atoms with Gasteiger partial charge in [-0.05, 0) is 81.4 Å². The monoisotopic (exact) mass is 275 g/mol. The molecule has 1 aliphatic rings. The number of nitrogens with zero attached hydrogens (tertiary/aromatic N) is 1. The van der Waals surface area contributed by atoms with Gasteiger partial charge >= 0.3 is 0 Å². The first-order chi connectivity index (χ1) is 9.49. The standard InChI is InChI=1S/C18H29NO/c1-13(2)17-6-7-18(15(4)14(17)3)20-12-16-8-10-19(5)11-9-16/h6-7,13,16H,8-12H2,1-5H3. The average molecular weight is 275 g/mol. The van der Waals surface area contributed by atoms with Crippen LogP contribution in [-0.4, -0.2) is 31.6 Å². The Balaban J connectivity index is 1.98. The van der Waals surface area contributed by atoms with E-state index in [-0.39, 0.29) is 0 Å². The Bertz CT molecular complexity index is 445. The molecule has 2 heteroatoms. The van der Waals surface area contributed by atoms with Crippen LogP contribution in [0.4, 0.5) is 0 Å². The summed E-state index contributed by atoms with van der Waals surface area (Å²) in [6.07, 6.45) is 2.53. The topological polar surface area (TPSA) is 12.5 Å². The predicted molar refractivity (Wildman–Crippen MR) is 85.7 cm³/mol. The van der Waals surface area contributed by atoms with E-state index >= 15 is 0 Å². The lowest BCUT2D eigenvalue weighted by Crippen LogP contribution is -2.32. The third kappa shape index (κ3) is 3.54. The van der Waals surface area contributed by atoms with Crippen LogP contribution >= 0.6 is 0 Å². The van der Waals surface area contributed by atoms with Crippen LogP contribution in [0.2, 0.25) is 0 Å². The molecule has 1 heterocycles. The minimum absolute atomic E-state index is 0.580. The van der Waals surface area contributed by atoms with Gasteiger partial charge in [-0.3, -0.25) is 0 Å². The molecule has 0 amide bonds. The molecule has 0 aliphatic carbocycles. The molecule has 0 aromatic heterocycles. The van der Waals surface area contributed by atoms with Gasteiger partial charge in [0, 0.05) is 0 Å². The summed E-state index contributed by atoms with van der Waals surface area (Å²) in [5.41, 5.74) is 4.14. The molecular formula is C18H29NO. The van der Waals surface area contributed by atoms with Crippen LogP contribution in [0.5, 0.6) is 5.75 Å². The van der Waals surface area contributed by atoms with Crippen molar-refractivity contribution in [2.45, 2.75) is 46.5 Å². The summed E-state index contributed by atoms with van der Waals surface area (Å²) in [6, 6.07) is 4.39. The molecule has 2 rings (SSSR count). The molecule has 1 fully saturated rings. The second-order valence-electron chi connectivity index (χ2n) is 6.62. The van der Waals surface area contributed by atoms with E-state index in [1.54, 1.807) is 0 Å². The van der Waals surface area contributed by atoms with Gasteiger partial charge in [0.1, 0.15) is 5.75 Å². The van der Waals surface area contributed by atoms with Gasteiger partial charge in [0.2, 0.25) is 0 Å². The summed E-state index contributed by atoms with van der Waals surface area (Å²) in [5, 5.41) is 0. The molecule has 20 heavy (non-hydrogen) atoms. The van der Waals surface area contributed by atoms with Gasteiger partial charge in [-0.1, -0.05) is 19.9 Å². The molecular weight excluding hydrogens is 246 g/mol. The quantitative estimate of drug-likeness (QED) is 0.818. The molecule has 1 aromatic carbocycles. The highest BCUT2D eigenvalue weighted by Gasteiger charge is 2.18. The lowest BCUT2D eigenvalue weighted by atomic mass is 9.94. The number of rotatable bonds is 4. The van der Waals surface area contributed by atoms with Gasteiger partial charge in [0.05, 0.1) is 6.61 Å². The molecule has 0 spiro atoms. The van der Waals surface area contributed by atoms with Crippen LogP contribution in [0.1, 0.15) is 49.3 Å². The van der Waals surface area contributed by atoms with E-state index in [1.807, 2.05) is 0 Å². The maximum absolute atomic E-state index is 6.11. The zero-order valence-corrected chi connectivity index (χ0v) is 13.7. The van der Waals surface area contributed by atoms with Crippen LogP contribution < -0.4 is 4.74 Å². The van der Waals surface area contributed by atoms with E-state index in [2.05, 4.69) is 51.8 Å². The Kier molecular flexibility index (Phi) is 5.09. The van der Waals surface area contributed by atoms with Crippen molar-refractivity contribution in [2.24, 2.45) is 5.92 Å². The number of hydrogen-bond acceptors (Lipinski definition) is 2. The normalized spacial score (nSPS) is 17.7. The van der Waals surface area contributed by atoms with E-state index in [1.165, 1.54) is 42.6 Å². The zero-order chi connectivity index (χ0) is 14.7. The molecule has 0 N–H and O–H groups in total. The molecule has 0 unspecified atom stereocenters. The van der Waals surface area contributed by atoms with Crippen molar-refractivity contribution in [1.29, 1.82) is 0 Å². The third-order valence-electron chi connectivity index (χ3n) is 4.71. The van der Waals surface area contributed by atoms with Gasteiger partial charge in [-0.25, -0.2) is 0 Å². The Hall–Kier alpha value is -1.02. The van der Waals surface area contributed by atoms with Crippen LogP contribution in [0.15, 0.2) is 12.1 Å². The fourth-order valence-corrected chi connectivity index (χ4v) is 3.03. The SMILES string of the molecule is Cc1c(OCC2CCN(C)CC2)ccc(C(C)C)c1C. The number of benzene rings is 1. The third-order valence-corrected chi connectivity index (χ3v) is 4.71. The van der Waals surface area contributed by atoms with Crippen LogP contribution in [-0.2, 0) is 0 Å². The second-order valence-corrected chi connectivity index (χ2v) is 6.62. The Morgan fingerprint density at radius 3 is 2.40 bits per heavy atom. The lowest BCUT2D eigenvalue weighted by molar-refractivity contribution is 0.159.